The minimum atomic E-state index is -0.300. The van der Waals surface area contributed by atoms with Crippen molar-refractivity contribution in [2.24, 2.45) is 0 Å². The number of hydrogen-bond acceptors (Lipinski definition) is 4. The summed E-state index contributed by atoms with van der Waals surface area (Å²) in [6.45, 7) is 3.52. The fourth-order valence-corrected chi connectivity index (χ4v) is 4.74. The molecule has 148 valence electrons. The lowest BCUT2D eigenvalue weighted by Crippen LogP contribution is -2.36. The van der Waals surface area contributed by atoms with Crippen LogP contribution in [0, 0.1) is 0 Å². The first-order valence-corrected chi connectivity index (χ1v) is 10.4. The summed E-state index contributed by atoms with van der Waals surface area (Å²) >= 11 is 1.61. The van der Waals surface area contributed by atoms with Gasteiger partial charge >= 0.3 is 0 Å². The first-order chi connectivity index (χ1) is 14.0. The molecule has 2 atom stereocenters. The van der Waals surface area contributed by atoms with E-state index in [1.165, 1.54) is 6.92 Å². The fourth-order valence-electron chi connectivity index (χ4n) is 3.67. The van der Waals surface area contributed by atoms with Crippen molar-refractivity contribution in [2.45, 2.75) is 32.4 Å². The van der Waals surface area contributed by atoms with Gasteiger partial charge in [-0.3, -0.25) is 9.59 Å². The Kier molecular flexibility index (Phi) is 5.20. The highest BCUT2D eigenvalue weighted by Crippen LogP contribution is 2.35. The summed E-state index contributed by atoms with van der Waals surface area (Å²) in [6.07, 6.45) is 3.93. The molecule has 2 heterocycles. The average Bonchev–Trinajstić information content (AvgIpc) is 3.16. The van der Waals surface area contributed by atoms with Gasteiger partial charge in [-0.1, -0.05) is 36.4 Å². The van der Waals surface area contributed by atoms with Gasteiger partial charge in [0.25, 0.3) is 0 Å². The Morgan fingerprint density at radius 2 is 1.90 bits per heavy atom. The van der Waals surface area contributed by atoms with Crippen LogP contribution in [-0.2, 0) is 9.59 Å². The lowest BCUT2D eigenvalue weighted by Gasteiger charge is -2.34. The predicted molar refractivity (Wildman–Crippen MR) is 116 cm³/mol. The van der Waals surface area contributed by atoms with Gasteiger partial charge in [0.05, 0.1) is 28.7 Å². The molecule has 1 aliphatic heterocycles. The van der Waals surface area contributed by atoms with Crippen LogP contribution in [0.2, 0.25) is 0 Å². The van der Waals surface area contributed by atoms with Crippen LogP contribution < -0.4 is 0 Å². The van der Waals surface area contributed by atoms with Crippen molar-refractivity contribution in [3.8, 4) is 0 Å². The van der Waals surface area contributed by atoms with Gasteiger partial charge in [-0.15, -0.1) is 11.3 Å². The Balaban J connectivity index is 1.56. The smallest absolute Gasteiger partial charge is 0.225 e. The molecule has 0 bridgehead atoms. The molecule has 0 saturated heterocycles. The third-order valence-corrected chi connectivity index (χ3v) is 6.69. The predicted octanol–water partition coefficient (Wildman–Crippen LogP) is 4.78. The fraction of sp³-hybridized carbons (Fsp3) is 0.261. The van der Waals surface area contributed by atoms with Gasteiger partial charge in [0.15, 0.2) is 0 Å². The van der Waals surface area contributed by atoms with Crippen molar-refractivity contribution >= 4 is 39.4 Å². The number of fused-ring (bicyclic) bond motifs is 2. The van der Waals surface area contributed by atoms with Gasteiger partial charge in [-0.2, -0.15) is 0 Å². The van der Waals surface area contributed by atoms with Crippen LogP contribution in [0.1, 0.15) is 48.5 Å². The molecule has 6 heteroatoms. The van der Waals surface area contributed by atoms with Gasteiger partial charge in [-0.05, 0) is 36.3 Å². The number of aromatic nitrogens is 1. The van der Waals surface area contributed by atoms with Gasteiger partial charge in [0.2, 0.25) is 11.8 Å². The number of carbonyl (C=O) groups is 2. The molecular formula is C23H23N3O2S. The zero-order valence-corrected chi connectivity index (χ0v) is 17.5. The van der Waals surface area contributed by atoms with E-state index in [1.54, 1.807) is 27.3 Å². The van der Waals surface area contributed by atoms with E-state index < -0.39 is 0 Å². The Bertz CT molecular complexity index is 1070. The molecular weight excluding hydrogens is 382 g/mol. The quantitative estimate of drug-likeness (QED) is 0.628. The number of benzene rings is 2. The van der Waals surface area contributed by atoms with Crippen molar-refractivity contribution in [1.82, 2.24) is 14.8 Å². The molecule has 0 radical (unpaired) electrons. The van der Waals surface area contributed by atoms with E-state index in [1.807, 2.05) is 68.6 Å². The van der Waals surface area contributed by atoms with E-state index in [0.717, 1.165) is 26.4 Å². The first kappa shape index (κ1) is 19.3. The zero-order chi connectivity index (χ0) is 20.5. The summed E-state index contributed by atoms with van der Waals surface area (Å²) in [4.78, 5) is 33.4. The summed E-state index contributed by atoms with van der Waals surface area (Å²) in [7, 11) is 1.81. The Morgan fingerprint density at radius 1 is 1.17 bits per heavy atom. The Labute approximate surface area is 174 Å². The van der Waals surface area contributed by atoms with Crippen LogP contribution in [0.4, 0.5) is 0 Å². The number of amides is 2. The molecule has 0 fully saturated rings. The largest absolute Gasteiger partial charge is 0.336 e. The van der Waals surface area contributed by atoms with Crippen molar-refractivity contribution in [3.05, 3.63) is 70.9 Å². The highest BCUT2D eigenvalue weighted by molar-refractivity contribution is 7.18. The van der Waals surface area contributed by atoms with Crippen LogP contribution >= 0.6 is 11.3 Å². The molecule has 0 aliphatic carbocycles. The highest BCUT2D eigenvalue weighted by atomic mass is 32.1. The van der Waals surface area contributed by atoms with Crippen LogP contribution in [0.5, 0.6) is 0 Å². The van der Waals surface area contributed by atoms with E-state index in [9.17, 15) is 9.59 Å². The van der Waals surface area contributed by atoms with Crippen LogP contribution in [0.15, 0.2) is 54.7 Å². The zero-order valence-electron chi connectivity index (χ0n) is 16.7. The van der Waals surface area contributed by atoms with Gasteiger partial charge < -0.3 is 9.80 Å². The topological polar surface area (TPSA) is 53.5 Å². The van der Waals surface area contributed by atoms with Crippen LogP contribution in [-0.4, -0.2) is 33.6 Å². The number of rotatable bonds is 4. The molecule has 4 rings (SSSR count). The standard InChI is InChI=1S/C23H23N3O2S/c1-15(23-24-19-10-6-7-11-21(19)29-23)25(3)22(28)14-20-18-9-5-4-8-17(18)12-13-26(20)16(2)27/h4-13,15,20H,14H2,1-3H3/t15-,20+/m0/s1. The summed E-state index contributed by atoms with van der Waals surface area (Å²) in [6, 6.07) is 15.5. The number of para-hydroxylation sites is 1. The summed E-state index contributed by atoms with van der Waals surface area (Å²) in [5.74, 6) is -0.0893. The summed E-state index contributed by atoms with van der Waals surface area (Å²) in [5.41, 5.74) is 3.00. The molecule has 0 spiro atoms. The van der Waals surface area contributed by atoms with E-state index >= 15 is 0 Å². The maximum atomic E-state index is 13.2. The number of nitrogens with zero attached hydrogens (tertiary/aromatic N) is 3. The molecule has 1 aromatic heterocycles. The number of thiazole rings is 1. The van der Waals surface area contributed by atoms with Gasteiger partial charge in [0, 0.05) is 20.2 Å². The number of hydrogen-bond donors (Lipinski definition) is 0. The Hall–Kier alpha value is -2.99. The second kappa shape index (κ2) is 7.79. The van der Waals surface area contributed by atoms with Gasteiger partial charge in [-0.25, -0.2) is 4.98 Å². The van der Waals surface area contributed by atoms with Crippen molar-refractivity contribution in [3.63, 3.8) is 0 Å². The lowest BCUT2D eigenvalue weighted by atomic mass is 9.93. The molecule has 3 aromatic rings. The van der Waals surface area contributed by atoms with Crippen molar-refractivity contribution < 1.29 is 9.59 Å². The minimum absolute atomic E-state index is 0.0156. The normalized spacial score (nSPS) is 16.5. The van der Waals surface area contributed by atoms with Crippen molar-refractivity contribution in [1.29, 1.82) is 0 Å². The molecule has 1 aliphatic rings. The maximum Gasteiger partial charge on any atom is 0.225 e. The molecule has 5 nitrogen and oxygen atoms in total. The molecule has 0 N–H and O–H groups in total. The second-order valence-corrected chi connectivity index (χ2v) is 8.35. The van der Waals surface area contributed by atoms with Crippen LogP contribution in [0.25, 0.3) is 16.3 Å². The summed E-state index contributed by atoms with van der Waals surface area (Å²) in [5, 5.41) is 0.911. The van der Waals surface area contributed by atoms with E-state index in [0.29, 0.717) is 0 Å². The highest BCUT2D eigenvalue weighted by Gasteiger charge is 2.30. The third kappa shape index (κ3) is 3.68. The Morgan fingerprint density at radius 3 is 2.66 bits per heavy atom. The molecule has 29 heavy (non-hydrogen) atoms. The van der Waals surface area contributed by atoms with E-state index in [4.69, 9.17) is 4.98 Å². The minimum Gasteiger partial charge on any atom is -0.336 e. The van der Waals surface area contributed by atoms with Gasteiger partial charge in [0.1, 0.15) is 5.01 Å². The lowest BCUT2D eigenvalue weighted by molar-refractivity contribution is -0.135. The molecule has 0 unspecified atom stereocenters. The number of carbonyl (C=O) groups excluding carboxylic acids is 2. The van der Waals surface area contributed by atoms with E-state index in [2.05, 4.69) is 0 Å². The maximum absolute atomic E-state index is 13.2. The SMILES string of the molecule is CC(=O)N1C=Cc2ccccc2[C@H]1CC(=O)N(C)[C@@H](C)c1nc2ccccc2s1. The molecule has 0 saturated carbocycles. The van der Waals surface area contributed by atoms with Crippen LogP contribution in [0.3, 0.4) is 0 Å². The summed E-state index contributed by atoms with van der Waals surface area (Å²) < 4.78 is 1.12. The third-order valence-electron chi connectivity index (χ3n) is 5.48. The average molecular weight is 406 g/mol. The van der Waals surface area contributed by atoms with E-state index in [-0.39, 0.29) is 30.3 Å². The monoisotopic (exact) mass is 405 g/mol. The first-order valence-electron chi connectivity index (χ1n) is 9.63. The van der Waals surface area contributed by atoms with Crippen molar-refractivity contribution in [2.75, 3.05) is 7.05 Å². The second-order valence-electron chi connectivity index (χ2n) is 7.29. The molecule has 2 aromatic carbocycles. The molecule has 2 amide bonds.